The third-order valence-corrected chi connectivity index (χ3v) is 7.75. The molecule has 0 saturated carbocycles. The molecule has 1 aliphatic rings. The molecule has 0 atom stereocenters. The molecule has 1 N–H and O–H groups in total. The summed E-state index contributed by atoms with van der Waals surface area (Å²) in [6.07, 6.45) is 0. The average Bonchev–Trinajstić information content (AvgIpc) is 2.90. The minimum atomic E-state index is -3.94. The first-order chi connectivity index (χ1) is 15.3. The topological polar surface area (TPSA) is 84.9 Å². The minimum absolute atomic E-state index is 0.0646. The molecule has 3 aromatic carbocycles. The third-order valence-electron chi connectivity index (χ3n) is 5.03. The second-order valence-corrected chi connectivity index (χ2v) is 9.73. The highest BCUT2D eigenvalue weighted by Gasteiger charge is 2.31. The lowest BCUT2D eigenvalue weighted by atomic mass is 10.1. The van der Waals surface area contributed by atoms with Crippen molar-refractivity contribution in [2.24, 2.45) is 0 Å². The molecule has 166 valence electrons. The maximum atomic E-state index is 13.4. The Morgan fingerprint density at radius 2 is 1.66 bits per heavy atom. The highest BCUT2D eigenvalue weighted by atomic mass is 79.9. The quantitative estimate of drug-likeness (QED) is 0.458. The third kappa shape index (κ3) is 4.11. The van der Waals surface area contributed by atoms with Gasteiger partial charge in [0.15, 0.2) is 11.5 Å². The number of carbonyl (C=O) groups excluding carboxylic acids is 1. The van der Waals surface area contributed by atoms with E-state index in [0.717, 1.165) is 0 Å². The number of ether oxygens (including phenoxy) is 2. The van der Waals surface area contributed by atoms with Crippen LogP contribution in [-0.2, 0) is 10.0 Å². The maximum absolute atomic E-state index is 13.4. The molecule has 1 amide bonds. The molecule has 32 heavy (non-hydrogen) atoms. The molecule has 4 rings (SSSR count). The summed E-state index contributed by atoms with van der Waals surface area (Å²) in [6.45, 7) is 4.06. The zero-order chi connectivity index (χ0) is 22.9. The van der Waals surface area contributed by atoms with Crippen LogP contribution in [0.2, 0.25) is 0 Å². The van der Waals surface area contributed by atoms with Crippen LogP contribution in [0.4, 0.5) is 5.69 Å². The van der Waals surface area contributed by atoms with Gasteiger partial charge in [-0.05, 0) is 46.3 Å². The number of fused-ring (bicyclic) bond motifs is 2. The molecule has 1 heterocycles. The van der Waals surface area contributed by atoms with Crippen molar-refractivity contribution in [3.8, 4) is 23.0 Å². The SMILES string of the molecule is CCN(CC)S(=O)(=O)c1cc2c(cc1Oc1ccccc1Br)Oc1ccccc1NC2=O. The number of anilines is 1. The molecular formula is C23H21BrN2O5S. The van der Waals surface area contributed by atoms with Gasteiger partial charge in [0.25, 0.3) is 5.91 Å². The Hall–Kier alpha value is -2.88. The number of rotatable bonds is 6. The van der Waals surface area contributed by atoms with E-state index in [1.54, 1.807) is 56.3 Å². The largest absolute Gasteiger partial charge is 0.455 e. The van der Waals surface area contributed by atoms with Gasteiger partial charge >= 0.3 is 0 Å². The van der Waals surface area contributed by atoms with Crippen molar-refractivity contribution in [3.05, 3.63) is 70.7 Å². The Bertz CT molecular complexity index is 1290. The van der Waals surface area contributed by atoms with E-state index in [9.17, 15) is 13.2 Å². The van der Waals surface area contributed by atoms with Crippen molar-refractivity contribution in [1.82, 2.24) is 4.31 Å². The fourth-order valence-corrected chi connectivity index (χ4v) is 5.35. The summed E-state index contributed by atoms with van der Waals surface area (Å²) in [7, 11) is -3.94. The Labute approximate surface area is 195 Å². The highest BCUT2D eigenvalue weighted by molar-refractivity contribution is 9.10. The van der Waals surface area contributed by atoms with E-state index in [4.69, 9.17) is 9.47 Å². The Morgan fingerprint density at radius 3 is 2.38 bits per heavy atom. The lowest BCUT2D eigenvalue weighted by molar-refractivity contribution is 0.102. The maximum Gasteiger partial charge on any atom is 0.259 e. The van der Waals surface area contributed by atoms with Crippen LogP contribution in [0, 0.1) is 0 Å². The summed E-state index contributed by atoms with van der Waals surface area (Å²) in [5, 5.41) is 2.77. The summed E-state index contributed by atoms with van der Waals surface area (Å²) in [5.41, 5.74) is 0.599. The summed E-state index contributed by atoms with van der Waals surface area (Å²) in [6, 6.07) is 16.9. The average molecular weight is 517 g/mol. The first kappa shape index (κ1) is 22.3. The van der Waals surface area contributed by atoms with Crippen LogP contribution in [0.15, 0.2) is 70.0 Å². The molecule has 0 bridgehead atoms. The molecule has 0 saturated heterocycles. The van der Waals surface area contributed by atoms with Crippen LogP contribution in [0.5, 0.6) is 23.0 Å². The minimum Gasteiger partial charge on any atom is -0.455 e. The van der Waals surface area contributed by atoms with Gasteiger partial charge in [0.2, 0.25) is 10.0 Å². The monoisotopic (exact) mass is 516 g/mol. The van der Waals surface area contributed by atoms with E-state index in [1.165, 1.54) is 16.4 Å². The van der Waals surface area contributed by atoms with Gasteiger partial charge in [0.1, 0.15) is 16.4 Å². The van der Waals surface area contributed by atoms with Gasteiger partial charge in [-0.2, -0.15) is 4.31 Å². The van der Waals surface area contributed by atoms with Gasteiger partial charge < -0.3 is 14.8 Å². The lowest BCUT2D eigenvalue weighted by Gasteiger charge is -2.22. The Morgan fingerprint density at radius 1 is 0.969 bits per heavy atom. The van der Waals surface area contributed by atoms with Crippen molar-refractivity contribution in [2.75, 3.05) is 18.4 Å². The number of amides is 1. The van der Waals surface area contributed by atoms with Gasteiger partial charge in [-0.3, -0.25) is 4.79 Å². The van der Waals surface area contributed by atoms with Crippen LogP contribution >= 0.6 is 15.9 Å². The van der Waals surface area contributed by atoms with E-state index in [1.807, 2.05) is 6.07 Å². The zero-order valence-corrected chi connectivity index (χ0v) is 19.9. The number of carbonyl (C=O) groups is 1. The van der Waals surface area contributed by atoms with E-state index in [-0.39, 0.29) is 35.0 Å². The first-order valence-corrected chi connectivity index (χ1v) is 12.3. The van der Waals surface area contributed by atoms with E-state index >= 15 is 0 Å². The number of para-hydroxylation sites is 3. The van der Waals surface area contributed by atoms with Crippen LogP contribution in [0.1, 0.15) is 24.2 Å². The number of halogens is 1. The number of hydrogen-bond donors (Lipinski definition) is 1. The molecule has 9 heteroatoms. The van der Waals surface area contributed by atoms with Gasteiger partial charge in [0.05, 0.1) is 15.7 Å². The fraction of sp³-hybridized carbons (Fsp3) is 0.174. The highest BCUT2D eigenvalue weighted by Crippen LogP contribution is 2.42. The predicted molar refractivity (Wildman–Crippen MR) is 125 cm³/mol. The Kier molecular flexibility index (Phi) is 6.23. The van der Waals surface area contributed by atoms with Gasteiger partial charge in [-0.15, -0.1) is 0 Å². The molecule has 3 aromatic rings. The van der Waals surface area contributed by atoms with Crippen LogP contribution < -0.4 is 14.8 Å². The summed E-state index contributed by atoms with van der Waals surface area (Å²) in [5.74, 6) is 0.684. The molecule has 0 aromatic heterocycles. The summed E-state index contributed by atoms with van der Waals surface area (Å²) < 4.78 is 40.9. The van der Waals surface area contributed by atoms with Crippen molar-refractivity contribution < 1.29 is 22.7 Å². The van der Waals surface area contributed by atoms with Gasteiger partial charge in [-0.25, -0.2) is 8.42 Å². The first-order valence-electron chi connectivity index (χ1n) is 10.0. The Balaban J connectivity index is 1.92. The summed E-state index contributed by atoms with van der Waals surface area (Å²) in [4.78, 5) is 12.8. The second kappa shape index (κ2) is 8.93. The fourth-order valence-electron chi connectivity index (χ4n) is 3.40. The molecule has 0 spiro atoms. The van der Waals surface area contributed by atoms with E-state index in [0.29, 0.717) is 21.7 Å². The van der Waals surface area contributed by atoms with Crippen molar-refractivity contribution in [1.29, 1.82) is 0 Å². The van der Waals surface area contributed by atoms with Crippen molar-refractivity contribution >= 4 is 37.5 Å². The number of nitrogens with one attached hydrogen (secondary N) is 1. The van der Waals surface area contributed by atoms with Crippen molar-refractivity contribution in [3.63, 3.8) is 0 Å². The van der Waals surface area contributed by atoms with Crippen molar-refractivity contribution in [2.45, 2.75) is 18.7 Å². The second-order valence-electron chi connectivity index (χ2n) is 6.97. The lowest BCUT2D eigenvalue weighted by Crippen LogP contribution is -2.31. The number of benzene rings is 3. The number of hydrogen-bond acceptors (Lipinski definition) is 5. The van der Waals surface area contributed by atoms with Crippen LogP contribution in [0.25, 0.3) is 0 Å². The number of sulfonamides is 1. The predicted octanol–water partition coefficient (Wildman–Crippen LogP) is 5.63. The molecule has 7 nitrogen and oxygen atoms in total. The molecular weight excluding hydrogens is 496 g/mol. The standard InChI is InChI=1S/C23H21BrN2O5S/c1-3-26(4-2)32(28,29)22-13-15-20(14-21(22)30-18-11-7-5-9-16(18)24)31-19-12-8-6-10-17(19)25-23(15)27/h5-14H,3-4H2,1-2H3,(H,25,27). The smallest absolute Gasteiger partial charge is 0.259 e. The molecule has 1 aliphatic heterocycles. The van der Waals surface area contributed by atoms with Crippen LogP contribution in [-0.4, -0.2) is 31.7 Å². The zero-order valence-electron chi connectivity index (χ0n) is 17.5. The molecule has 0 unspecified atom stereocenters. The van der Waals surface area contributed by atoms with Gasteiger partial charge in [0, 0.05) is 19.2 Å². The normalized spacial score (nSPS) is 12.9. The number of nitrogens with zero attached hydrogens (tertiary/aromatic N) is 1. The molecule has 0 aliphatic carbocycles. The van der Waals surface area contributed by atoms with Crippen LogP contribution in [0.3, 0.4) is 0 Å². The molecule has 0 radical (unpaired) electrons. The van der Waals surface area contributed by atoms with Gasteiger partial charge in [-0.1, -0.05) is 38.1 Å². The van der Waals surface area contributed by atoms with E-state index < -0.39 is 15.9 Å². The molecule has 0 fully saturated rings. The van der Waals surface area contributed by atoms with E-state index in [2.05, 4.69) is 21.2 Å². The summed E-state index contributed by atoms with van der Waals surface area (Å²) >= 11 is 3.42.